The Morgan fingerprint density at radius 3 is 2.52 bits per heavy atom. The van der Waals surface area contributed by atoms with Crippen LogP contribution in [0, 0.1) is 5.92 Å². The molecule has 0 bridgehead atoms. The number of hydrogen-bond donors (Lipinski definition) is 3. The van der Waals surface area contributed by atoms with Crippen LogP contribution >= 0.6 is 0 Å². The third kappa shape index (κ3) is 4.72. The Kier molecular flexibility index (Phi) is 5.91. The van der Waals surface area contributed by atoms with E-state index in [0.29, 0.717) is 23.5 Å². The molecule has 3 rings (SSSR count). The first-order valence-corrected chi connectivity index (χ1v) is 8.97. The maximum absolute atomic E-state index is 11.6. The van der Waals surface area contributed by atoms with Crippen molar-refractivity contribution in [1.29, 1.82) is 0 Å². The van der Waals surface area contributed by atoms with E-state index in [1.54, 1.807) is 6.20 Å². The highest BCUT2D eigenvalue weighted by Gasteiger charge is 2.27. The lowest BCUT2D eigenvalue weighted by Gasteiger charge is -2.28. The summed E-state index contributed by atoms with van der Waals surface area (Å²) < 4.78 is 10.2. The maximum Gasteiger partial charge on any atom is 0.308 e. The normalized spacial score (nSPS) is 24.5. The number of carbonyl (C=O) groups excluding carboxylic acids is 1. The van der Waals surface area contributed by atoms with Crippen molar-refractivity contribution in [2.75, 3.05) is 36.7 Å². The van der Waals surface area contributed by atoms with Gasteiger partial charge in [-0.15, -0.1) is 0 Å². The standard InChI is InChI=1S/C17H27N5O3/c1-24-16(23)11-2-4-12(5-3-11)20-15-14(18)10-19-17(22-15)21-13-6-8-25-9-7-13/h10-13H,2-9,18H2,1H3,(H2,19,20,21,22)/t11-,12-. The van der Waals surface area contributed by atoms with Crippen LogP contribution in [0.1, 0.15) is 38.5 Å². The van der Waals surface area contributed by atoms with Crippen molar-refractivity contribution < 1.29 is 14.3 Å². The van der Waals surface area contributed by atoms with Gasteiger partial charge in [0.05, 0.1) is 24.9 Å². The van der Waals surface area contributed by atoms with E-state index < -0.39 is 0 Å². The molecule has 1 aliphatic heterocycles. The molecular formula is C17H27N5O3. The average Bonchev–Trinajstić information content (AvgIpc) is 2.65. The molecule has 0 amide bonds. The molecular weight excluding hydrogens is 322 g/mol. The summed E-state index contributed by atoms with van der Waals surface area (Å²) >= 11 is 0. The number of methoxy groups -OCH3 is 1. The number of nitrogens with one attached hydrogen (secondary N) is 2. The zero-order chi connectivity index (χ0) is 17.6. The van der Waals surface area contributed by atoms with Gasteiger partial charge < -0.3 is 25.8 Å². The Hall–Kier alpha value is -2.09. The van der Waals surface area contributed by atoms with E-state index in [0.717, 1.165) is 51.7 Å². The van der Waals surface area contributed by atoms with Crippen LogP contribution in [0.3, 0.4) is 0 Å². The van der Waals surface area contributed by atoms with Gasteiger partial charge >= 0.3 is 5.97 Å². The fourth-order valence-corrected chi connectivity index (χ4v) is 3.43. The van der Waals surface area contributed by atoms with E-state index in [-0.39, 0.29) is 17.9 Å². The van der Waals surface area contributed by atoms with E-state index in [4.69, 9.17) is 15.2 Å². The molecule has 0 radical (unpaired) electrons. The van der Waals surface area contributed by atoms with Gasteiger partial charge in [-0.3, -0.25) is 4.79 Å². The molecule has 1 saturated heterocycles. The molecule has 1 aliphatic carbocycles. The fourth-order valence-electron chi connectivity index (χ4n) is 3.43. The van der Waals surface area contributed by atoms with Gasteiger partial charge in [0.15, 0.2) is 5.82 Å². The molecule has 25 heavy (non-hydrogen) atoms. The number of ether oxygens (including phenoxy) is 2. The number of anilines is 3. The lowest BCUT2D eigenvalue weighted by molar-refractivity contribution is -0.146. The van der Waals surface area contributed by atoms with E-state index in [9.17, 15) is 4.79 Å². The number of carbonyl (C=O) groups is 1. The predicted octanol–water partition coefficient (Wildman–Crippen LogP) is 1.79. The molecule has 0 atom stereocenters. The number of rotatable bonds is 5. The van der Waals surface area contributed by atoms with Crippen molar-refractivity contribution in [3.05, 3.63) is 6.20 Å². The van der Waals surface area contributed by atoms with Crippen molar-refractivity contribution in [2.24, 2.45) is 5.92 Å². The lowest BCUT2D eigenvalue weighted by Crippen LogP contribution is -2.31. The molecule has 2 aliphatic rings. The number of nitrogens with zero attached hydrogens (tertiary/aromatic N) is 2. The molecule has 8 heteroatoms. The Labute approximate surface area is 147 Å². The van der Waals surface area contributed by atoms with Gasteiger partial charge in [0.25, 0.3) is 0 Å². The summed E-state index contributed by atoms with van der Waals surface area (Å²) in [6.45, 7) is 1.53. The Bertz CT molecular complexity index is 584. The SMILES string of the molecule is COC(=O)[C@H]1CC[C@H](Nc2nc(NC3CCOCC3)ncc2N)CC1. The minimum Gasteiger partial charge on any atom is -0.469 e. The van der Waals surface area contributed by atoms with Crippen LogP contribution in [0.2, 0.25) is 0 Å². The number of aromatic nitrogens is 2. The molecule has 4 N–H and O–H groups in total. The first kappa shape index (κ1) is 17.7. The molecule has 0 unspecified atom stereocenters. The van der Waals surface area contributed by atoms with Crippen molar-refractivity contribution >= 4 is 23.4 Å². The summed E-state index contributed by atoms with van der Waals surface area (Å²) in [4.78, 5) is 20.4. The van der Waals surface area contributed by atoms with Crippen LogP contribution < -0.4 is 16.4 Å². The molecule has 0 aromatic carbocycles. The third-order valence-corrected chi connectivity index (χ3v) is 4.97. The second kappa shape index (κ2) is 8.33. The highest BCUT2D eigenvalue weighted by molar-refractivity contribution is 5.72. The smallest absolute Gasteiger partial charge is 0.308 e. The van der Waals surface area contributed by atoms with Crippen LogP contribution in [0.15, 0.2) is 6.20 Å². The number of hydrogen-bond acceptors (Lipinski definition) is 8. The summed E-state index contributed by atoms with van der Waals surface area (Å²) in [5.41, 5.74) is 6.56. The topological polar surface area (TPSA) is 111 Å². The summed E-state index contributed by atoms with van der Waals surface area (Å²) in [6, 6.07) is 0.592. The van der Waals surface area contributed by atoms with Crippen LogP contribution in [0.4, 0.5) is 17.5 Å². The Morgan fingerprint density at radius 1 is 1.16 bits per heavy atom. The lowest BCUT2D eigenvalue weighted by atomic mass is 9.86. The molecule has 1 saturated carbocycles. The van der Waals surface area contributed by atoms with Crippen LogP contribution in [-0.2, 0) is 14.3 Å². The van der Waals surface area contributed by atoms with E-state index in [1.165, 1.54) is 7.11 Å². The van der Waals surface area contributed by atoms with Crippen molar-refractivity contribution in [3.63, 3.8) is 0 Å². The average molecular weight is 349 g/mol. The molecule has 0 spiro atoms. The van der Waals surface area contributed by atoms with Gasteiger partial charge in [0, 0.05) is 25.3 Å². The summed E-state index contributed by atoms with van der Waals surface area (Å²) in [5.74, 6) is 1.15. The van der Waals surface area contributed by atoms with E-state index >= 15 is 0 Å². The van der Waals surface area contributed by atoms with Crippen LogP contribution in [0.25, 0.3) is 0 Å². The molecule has 138 valence electrons. The van der Waals surface area contributed by atoms with Crippen LogP contribution in [-0.4, -0.2) is 48.3 Å². The molecule has 8 nitrogen and oxygen atoms in total. The zero-order valence-corrected chi connectivity index (χ0v) is 14.7. The molecule has 2 fully saturated rings. The second-order valence-corrected chi connectivity index (χ2v) is 6.74. The number of nitrogen functional groups attached to an aromatic ring is 1. The van der Waals surface area contributed by atoms with Gasteiger partial charge in [-0.2, -0.15) is 4.98 Å². The molecule has 1 aromatic heterocycles. The summed E-state index contributed by atoms with van der Waals surface area (Å²) in [7, 11) is 1.45. The summed E-state index contributed by atoms with van der Waals surface area (Å²) in [5, 5.41) is 6.77. The van der Waals surface area contributed by atoms with Gasteiger partial charge in [-0.1, -0.05) is 0 Å². The highest BCUT2D eigenvalue weighted by atomic mass is 16.5. The van der Waals surface area contributed by atoms with Gasteiger partial charge in [-0.05, 0) is 38.5 Å². The fraction of sp³-hybridized carbons (Fsp3) is 0.706. The first-order chi connectivity index (χ1) is 12.2. The second-order valence-electron chi connectivity index (χ2n) is 6.74. The monoisotopic (exact) mass is 349 g/mol. The zero-order valence-electron chi connectivity index (χ0n) is 14.7. The quantitative estimate of drug-likeness (QED) is 0.690. The Morgan fingerprint density at radius 2 is 1.84 bits per heavy atom. The van der Waals surface area contributed by atoms with Crippen LogP contribution in [0.5, 0.6) is 0 Å². The third-order valence-electron chi connectivity index (χ3n) is 4.97. The predicted molar refractivity (Wildman–Crippen MR) is 95.3 cm³/mol. The molecule has 2 heterocycles. The summed E-state index contributed by atoms with van der Waals surface area (Å²) in [6.07, 6.45) is 6.97. The Balaban J connectivity index is 1.57. The van der Waals surface area contributed by atoms with Crippen molar-refractivity contribution in [3.8, 4) is 0 Å². The number of esters is 1. The van der Waals surface area contributed by atoms with Crippen molar-refractivity contribution in [1.82, 2.24) is 9.97 Å². The number of nitrogens with two attached hydrogens (primary N) is 1. The minimum atomic E-state index is -0.108. The first-order valence-electron chi connectivity index (χ1n) is 8.97. The minimum absolute atomic E-state index is 0.0107. The largest absolute Gasteiger partial charge is 0.469 e. The van der Waals surface area contributed by atoms with Gasteiger partial charge in [-0.25, -0.2) is 4.98 Å². The van der Waals surface area contributed by atoms with Gasteiger partial charge in [0.2, 0.25) is 5.95 Å². The van der Waals surface area contributed by atoms with Gasteiger partial charge in [0.1, 0.15) is 0 Å². The highest BCUT2D eigenvalue weighted by Crippen LogP contribution is 2.28. The van der Waals surface area contributed by atoms with E-state index in [1.807, 2.05) is 0 Å². The molecule has 1 aromatic rings. The van der Waals surface area contributed by atoms with E-state index in [2.05, 4.69) is 20.6 Å². The van der Waals surface area contributed by atoms with Crippen molar-refractivity contribution in [2.45, 2.75) is 50.6 Å². The maximum atomic E-state index is 11.6.